The predicted octanol–water partition coefficient (Wildman–Crippen LogP) is 2.82. The summed E-state index contributed by atoms with van der Waals surface area (Å²) in [7, 11) is 1.67. The number of rotatable bonds is 5. The van der Waals surface area contributed by atoms with Crippen molar-refractivity contribution in [2.45, 2.75) is 31.7 Å². The second-order valence-electron chi connectivity index (χ2n) is 7.05. The average molecular weight is 341 g/mol. The summed E-state index contributed by atoms with van der Waals surface area (Å²) < 4.78 is 10.6. The van der Waals surface area contributed by atoms with Gasteiger partial charge in [0, 0.05) is 36.8 Å². The number of nitrogens with one attached hydrogen (secondary N) is 1. The maximum atomic E-state index is 12.5. The molecule has 2 aliphatic rings. The van der Waals surface area contributed by atoms with E-state index in [1.807, 2.05) is 18.2 Å². The van der Waals surface area contributed by atoms with Crippen molar-refractivity contribution in [2.24, 2.45) is 5.92 Å². The van der Waals surface area contributed by atoms with Crippen LogP contribution in [0.3, 0.4) is 0 Å². The molecule has 2 fully saturated rings. The molecule has 1 N–H and O–H groups in total. The van der Waals surface area contributed by atoms with Crippen LogP contribution in [0, 0.1) is 5.92 Å². The van der Waals surface area contributed by atoms with Crippen molar-refractivity contribution in [3.63, 3.8) is 0 Å². The number of carbonyl (C=O) groups is 1. The molecule has 1 aromatic heterocycles. The molecule has 4 rings (SSSR count). The third-order valence-electron chi connectivity index (χ3n) is 5.09. The van der Waals surface area contributed by atoms with Gasteiger partial charge in [0.15, 0.2) is 5.69 Å². The lowest BCUT2D eigenvalue weighted by Gasteiger charge is -2.19. The van der Waals surface area contributed by atoms with Crippen molar-refractivity contribution < 1.29 is 14.1 Å². The summed E-state index contributed by atoms with van der Waals surface area (Å²) in [5, 5.41) is 7.04. The molecule has 1 aliphatic carbocycles. The number of carbonyl (C=O) groups excluding carboxylic acids is 1. The highest BCUT2D eigenvalue weighted by molar-refractivity contribution is 5.92. The van der Waals surface area contributed by atoms with Gasteiger partial charge in [0.1, 0.15) is 11.5 Å². The molecule has 1 saturated carbocycles. The molecule has 1 amide bonds. The van der Waals surface area contributed by atoms with E-state index in [2.05, 4.69) is 28.4 Å². The van der Waals surface area contributed by atoms with Crippen LogP contribution >= 0.6 is 0 Å². The number of hydrogen-bond acceptors (Lipinski definition) is 5. The van der Waals surface area contributed by atoms with Crippen LogP contribution in [0.25, 0.3) is 0 Å². The van der Waals surface area contributed by atoms with Crippen LogP contribution in [0.4, 0.5) is 5.69 Å². The number of benzene rings is 1. The van der Waals surface area contributed by atoms with E-state index < -0.39 is 0 Å². The topological polar surface area (TPSA) is 67.6 Å². The summed E-state index contributed by atoms with van der Waals surface area (Å²) in [6.07, 6.45) is 2.26. The quantitative estimate of drug-likeness (QED) is 0.906. The molecule has 132 valence electrons. The third kappa shape index (κ3) is 3.34. The van der Waals surface area contributed by atoms with Gasteiger partial charge in [0.2, 0.25) is 0 Å². The molecule has 25 heavy (non-hydrogen) atoms. The van der Waals surface area contributed by atoms with E-state index >= 15 is 0 Å². The highest BCUT2D eigenvalue weighted by atomic mass is 16.5. The van der Waals surface area contributed by atoms with Crippen LogP contribution in [0.1, 0.15) is 41.9 Å². The molecule has 1 aliphatic heterocycles. The zero-order chi connectivity index (χ0) is 17.4. The van der Waals surface area contributed by atoms with Gasteiger partial charge in [0.25, 0.3) is 5.91 Å². The maximum Gasteiger partial charge on any atom is 0.273 e. The second-order valence-corrected chi connectivity index (χ2v) is 7.05. The van der Waals surface area contributed by atoms with E-state index in [0.29, 0.717) is 17.5 Å². The van der Waals surface area contributed by atoms with Crippen LogP contribution in [-0.2, 0) is 0 Å². The molecule has 0 spiro atoms. The first kappa shape index (κ1) is 16.0. The number of aromatic nitrogens is 1. The highest BCUT2D eigenvalue weighted by Gasteiger charge is 2.33. The number of ether oxygens (including phenoxy) is 1. The standard InChI is InChI=1S/C19H23N3O3/c1-12-10-22(14-4-3-5-15(8-14)24-2)11-17(12)20-19(23)16-9-18(25-21-16)13-6-7-13/h3-5,8-9,12-13,17H,6-7,10-11H2,1-2H3,(H,20,23). The summed E-state index contributed by atoms with van der Waals surface area (Å²) >= 11 is 0. The van der Waals surface area contributed by atoms with Gasteiger partial charge in [-0.2, -0.15) is 0 Å². The van der Waals surface area contributed by atoms with Crippen molar-refractivity contribution in [3.05, 3.63) is 41.8 Å². The fourth-order valence-electron chi connectivity index (χ4n) is 3.37. The monoisotopic (exact) mass is 341 g/mol. The van der Waals surface area contributed by atoms with Gasteiger partial charge in [0.05, 0.1) is 13.2 Å². The Labute approximate surface area is 147 Å². The van der Waals surface area contributed by atoms with E-state index in [-0.39, 0.29) is 11.9 Å². The molecule has 0 radical (unpaired) electrons. The zero-order valence-electron chi connectivity index (χ0n) is 14.6. The molecule has 1 aromatic carbocycles. The lowest BCUT2D eigenvalue weighted by molar-refractivity contribution is 0.0924. The first-order valence-electron chi connectivity index (χ1n) is 8.80. The Hall–Kier alpha value is -2.50. The van der Waals surface area contributed by atoms with E-state index in [0.717, 1.165) is 43.1 Å². The second kappa shape index (κ2) is 6.43. The van der Waals surface area contributed by atoms with Crippen molar-refractivity contribution >= 4 is 11.6 Å². The Balaban J connectivity index is 1.41. The van der Waals surface area contributed by atoms with E-state index in [1.165, 1.54) is 0 Å². The largest absolute Gasteiger partial charge is 0.497 e. The molecule has 6 heteroatoms. The lowest BCUT2D eigenvalue weighted by Crippen LogP contribution is -2.40. The van der Waals surface area contributed by atoms with Gasteiger partial charge < -0.3 is 19.5 Å². The minimum absolute atomic E-state index is 0.0831. The van der Waals surface area contributed by atoms with E-state index in [1.54, 1.807) is 13.2 Å². The third-order valence-corrected chi connectivity index (χ3v) is 5.09. The fraction of sp³-hybridized carbons (Fsp3) is 0.474. The molecule has 1 saturated heterocycles. The fourth-order valence-corrected chi connectivity index (χ4v) is 3.37. The SMILES string of the molecule is COc1cccc(N2CC(C)C(NC(=O)c3cc(C4CC4)on3)C2)c1. The molecule has 2 unspecified atom stereocenters. The molecular weight excluding hydrogens is 318 g/mol. The number of hydrogen-bond donors (Lipinski definition) is 1. The van der Waals surface area contributed by atoms with Gasteiger partial charge in [-0.1, -0.05) is 18.1 Å². The minimum Gasteiger partial charge on any atom is -0.497 e. The lowest BCUT2D eigenvalue weighted by atomic mass is 10.1. The van der Waals surface area contributed by atoms with Crippen molar-refractivity contribution in [1.82, 2.24) is 10.5 Å². The summed E-state index contributed by atoms with van der Waals surface area (Å²) in [6.45, 7) is 3.82. The van der Waals surface area contributed by atoms with Crippen LogP contribution < -0.4 is 15.0 Å². The van der Waals surface area contributed by atoms with Crippen molar-refractivity contribution in [1.29, 1.82) is 0 Å². The van der Waals surface area contributed by atoms with Crippen LogP contribution in [-0.4, -0.2) is 37.3 Å². The van der Waals surface area contributed by atoms with Gasteiger partial charge >= 0.3 is 0 Å². The van der Waals surface area contributed by atoms with Crippen LogP contribution in [0.2, 0.25) is 0 Å². The molecule has 6 nitrogen and oxygen atoms in total. The van der Waals surface area contributed by atoms with Gasteiger partial charge in [-0.3, -0.25) is 4.79 Å². The molecule has 0 bridgehead atoms. The normalized spacial score (nSPS) is 22.9. The smallest absolute Gasteiger partial charge is 0.273 e. The number of nitrogens with zero attached hydrogens (tertiary/aromatic N) is 2. The minimum atomic E-state index is -0.153. The highest BCUT2D eigenvalue weighted by Crippen LogP contribution is 2.40. The Morgan fingerprint density at radius 1 is 1.32 bits per heavy atom. The molecule has 2 aromatic rings. The Kier molecular flexibility index (Phi) is 4.11. The Morgan fingerprint density at radius 2 is 2.16 bits per heavy atom. The summed E-state index contributed by atoms with van der Waals surface area (Å²) in [4.78, 5) is 14.7. The van der Waals surface area contributed by atoms with Gasteiger partial charge in [-0.15, -0.1) is 0 Å². The first-order chi connectivity index (χ1) is 12.1. The number of amides is 1. The van der Waals surface area contributed by atoms with Gasteiger partial charge in [-0.25, -0.2) is 0 Å². The zero-order valence-corrected chi connectivity index (χ0v) is 14.6. The predicted molar refractivity (Wildman–Crippen MR) is 94.1 cm³/mol. The van der Waals surface area contributed by atoms with Crippen LogP contribution in [0.5, 0.6) is 5.75 Å². The maximum absolute atomic E-state index is 12.5. The van der Waals surface area contributed by atoms with E-state index in [9.17, 15) is 4.79 Å². The number of methoxy groups -OCH3 is 1. The van der Waals surface area contributed by atoms with E-state index in [4.69, 9.17) is 9.26 Å². The van der Waals surface area contributed by atoms with Crippen molar-refractivity contribution in [3.8, 4) is 5.75 Å². The average Bonchev–Trinajstić information content (AvgIpc) is 3.24. The van der Waals surface area contributed by atoms with Crippen molar-refractivity contribution in [2.75, 3.05) is 25.1 Å². The first-order valence-corrected chi connectivity index (χ1v) is 8.80. The summed E-state index contributed by atoms with van der Waals surface area (Å²) in [5.41, 5.74) is 1.49. The summed E-state index contributed by atoms with van der Waals surface area (Å²) in [6, 6.07) is 9.88. The van der Waals surface area contributed by atoms with Crippen LogP contribution in [0.15, 0.2) is 34.9 Å². The Bertz CT molecular complexity index is 769. The number of anilines is 1. The summed E-state index contributed by atoms with van der Waals surface area (Å²) in [5.74, 6) is 2.34. The molecule has 2 atom stereocenters. The Morgan fingerprint density at radius 3 is 2.92 bits per heavy atom. The molecular formula is C19H23N3O3. The van der Waals surface area contributed by atoms with Gasteiger partial charge in [-0.05, 0) is 30.9 Å². The molecule has 2 heterocycles.